The zero-order valence-corrected chi connectivity index (χ0v) is 11.2. The van der Waals surface area contributed by atoms with Crippen molar-refractivity contribution in [2.24, 2.45) is 5.41 Å². The molecule has 1 spiro atoms. The molecule has 2 atom stereocenters. The van der Waals surface area contributed by atoms with Gasteiger partial charge in [-0.15, -0.1) is 0 Å². The van der Waals surface area contributed by atoms with Gasteiger partial charge in [-0.05, 0) is 31.2 Å². The molecule has 2 fully saturated rings. The second-order valence-electron chi connectivity index (χ2n) is 5.93. The van der Waals surface area contributed by atoms with Crippen LogP contribution < -0.4 is 0 Å². The van der Waals surface area contributed by atoms with Gasteiger partial charge in [0.25, 0.3) is 0 Å². The first-order chi connectivity index (χ1) is 9.24. The second kappa shape index (κ2) is 4.92. The van der Waals surface area contributed by atoms with E-state index >= 15 is 0 Å². The SMILES string of the molecule is O=C1CCCCCC12CCC(c1ccccc1)C2=O. The average Bonchev–Trinajstić information content (AvgIpc) is 2.65. The van der Waals surface area contributed by atoms with E-state index in [-0.39, 0.29) is 17.5 Å². The zero-order chi connectivity index (χ0) is 13.3. The van der Waals surface area contributed by atoms with Gasteiger partial charge in [0.15, 0.2) is 5.78 Å². The number of ketones is 2. The fraction of sp³-hybridized carbons (Fsp3) is 0.529. The van der Waals surface area contributed by atoms with Crippen molar-refractivity contribution in [3.8, 4) is 0 Å². The molecule has 2 saturated carbocycles. The summed E-state index contributed by atoms with van der Waals surface area (Å²) in [6.45, 7) is 0. The molecule has 0 N–H and O–H groups in total. The summed E-state index contributed by atoms with van der Waals surface area (Å²) in [7, 11) is 0. The third-order valence-corrected chi connectivity index (χ3v) is 4.89. The molecule has 2 aliphatic carbocycles. The summed E-state index contributed by atoms with van der Waals surface area (Å²) in [5.41, 5.74) is 0.457. The molecule has 2 heteroatoms. The van der Waals surface area contributed by atoms with Crippen LogP contribution in [0.5, 0.6) is 0 Å². The molecule has 0 heterocycles. The lowest BCUT2D eigenvalue weighted by molar-refractivity contribution is -0.139. The Labute approximate surface area is 114 Å². The van der Waals surface area contributed by atoms with E-state index in [1.165, 1.54) is 0 Å². The summed E-state index contributed by atoms with van der Waals surface area (Å²) in [5.74, 6) is 0.363. The van der Waals surface area contributed by atoms with Crippen LogP contribution in [-0.2, 0) is 9.59 Å². The highest BCUT2D eigenvalue weighted by atomic mass is 16.2. The summed E-state index contributed by atoms with van der Waals surface area (Å²) < 4.78 is 0. The van der Waals surface area contributed by atoms with Crippen LogP contribution in [0.15, 0.2) is 30.3 Å². The van der Waals surface area contributed by atoms with Crippen molar-refractivity contribution >= 4 is 11.6 Å². The number of rotatable bonds is 1. The molecular weight excluding hydrogens is 236 g/mol. The first-order valence-electron chi connectivity index (χ1n) is 7.37. The van der Waals surface area contributed by atoms with Gasteiger partial charge in [0.05, 0.1) is 5.41 Å². The Hall–Kier alpha value is -1.44. The Kier molecular flexibility index (Phi) is 3.26. The predicted octanol–water partition coefficient (Wildman–Crippen LogP) is 3.65. The number of Topliss-reactive ketones (excluding diaryl/α,β-unsaturated/α-hetero) is 2. The number of benzene rings is 1. The van der Waals surface area contributed by atoms with E-state index in [1.54, 1.807) is 0 Å². The maximum atomic E-state index is 12.8. The summed E-state index contributed by atoms with van der Waals surface area (Å²) in [5, 5.41) is 0. The van der Waals surface area contributed by atoms with Crippen molar-refractivity contribution < 1.29 is 9.59 Å². The van der Waals surface area contributed by atoms with Crippen molar-refractivity contribution in [2.75, 3.05) is 0 Å². The van der Waals surface area contributed by atoms with E-state index in [9.17, 15) is 9.59 Å². The summed E-state index contributed by atoms with van der Waals surface area (Å²) >= 11 is 0. The van der Waals surface area contributed by atoms with E-state index in [0.717, 1.165) is 44.1 Å². The first kappa shape index (κ1) is 12.6. The van der Waals surface area contributed by atoms with Crippen molar-refractivity contribution in [1.82, 2.24) is 0 Å². The Morgan fingerprint density at radius 3 is 2.53 bits per heavy atom. The maximum Gasteiger partial charge on any atom is 0.153 e. The van der Waals surface area contributed by atoms with Gasteiger partial charge in [-0.25, -0.2) is 0 Å². The Balaban J connectivity index is 1.91. The lowest BCUT2D eigenvalue weighted by Gasteiger charge is -2.24. The molecule has 0 radical (unpaired) electrons. The summed E-state index contributed by atoms with van der Waals surface area (Å²) in [6, 6.07) is 9.95. The molecule has 0 aromatic heterocycles. The van der Waals surface area contributed by atoms with Crippen LogP contribution in [0.1, 0.15) is 56.4 Å². The smallest absolute Gasteiger partial charge is 0.153 e. The van der Waals surface area contributed by atoms with Gasteiger partial charge in [0.1, 0.15) is 5.78 Å². The normalized spacial score (nSPS) is 31.7. The van der Waals surface area contributed by atoms with Gasteiger partial charge in [0.2, 0.25) is 0 Å². The minimum atomic E-state index is -0.628. The highest BCUT2D eigenvalue weighted by Gasteiger charge is 2.52. The zero-order valence-electron chi connectivity index (χ0n) is 11.2. The molecule has 19 heavy (non-hydrogen) atoms. The van der Waals surface area contributed by atoms with Gasteiger partial charge in [-0.3, -0.25) is 9.59 Å². The topological polar surface area (TPSA) is 34.1 Å². The van der Waals surface area contributed by atoms with Crippen molar-refractivity contribution in [3.63, 3.8) is 0 Å². The monoisotopic (exact) mass is 256 g/mol. The molecule has 1 aromatic rings. The van der Waals surface area contributed by atoms with E-state index in [1.807, 2.05) is 30.3 Å². The Morgan fingerprint density at radius 1 is 0.947 bits per heavy atom. The molecule has 0 amide bonds. The quantitative estimate of drug-likeness (QED) is 0.719. The Bertz CT molecular complexity index is 491. The molecule has 2 aliphatic rings. The van der Waals surface area contributed by atoms with Crippen LogP contribution in [0.25, 0.3) is 0 Å². The van der Waals surface area contributed by atoms with Gasteiger partial charge >= 0.3 is 0 Å². The fourth-order valence-corrected chi connectivity index (χ4v) is 3.77. The van der Waals surface area contributed by atoms with Crippen LogP contribution in [-0.4, -0.2) is 11.6 Å². The van der Waals surface area contributed by atoms with E-state index in [2.05, 4.69) is 0 Å². The maximum absolute atomic E-state index is 12.8. The fourth-order valence-electron chi connectivity index (χ4n) is 3.77. The number of hydrogen-bond acceptors (Lipinski definition) is 2. The second-order valence-corrected chi connectivity index (χ2v) is 5.93. The van der Waals surface area contributed by atoms with Crippen LogP contribution in [0.3, 0.4) is 0 Å². The van der Waals surface area contributed by atoms with Crippen LogP contribution in [0.4, 0.5) is 0 Å². The molecule has 3 rings (SSSR count). The third kappa shape index (κ3) is 2.03. The lowest BCUT2D eigenvalue weighted by Crippen LogP contribution is -2.35. The molecular formula is C17H20O2. The number of hydrogen-bond donors (Lipinski definition) is 0. The van der Waals surface area contributed by atoms with Gasteiger partial charge in [-0.2, -0.15) is 0 Å². The van der Waals surface area contributed by atoms with E-state index < -0.39 is 5.41 Å². The summed E-state index contributed by atoms with van der Waals surface area (Å²) in [4.78, 5) is 25.2. The molecule has 2 unspecified atom stereocenters. The predicted molar refractivity (Wildman–Crippen MR) is 73.9 cm³/mol. The minimum absolute atomic E-state index is 0.0525. The van der Waals surface area contributed by atoms with Crippen molar-refractivity contribution in [3.05, 3.63) is 35.9 Å². The molecule has 2 nitrogen and oxygen atoms in total. The number of carbonyl (C=O) groups excluding carboxylic acids is 2. The first-order valence-corrected chi connectivity index (χ1v) is 7.37. The molecule has 0 saturated heterocycles. The highest BCUT2D eigenvalue weighted by molar-refractivity contribution is 6.11. The third-order valence-electron chi connectivity index (χ3n) is 4.89. The van der Waals surface area contributed by atoms with Crippen LogP contribution in [0.2, 0.25) is 0 Å². The van der Waals surface area contributed by atoms with Crippen LogP contribution >= 0.6 is 0 Å². The largest absolute Gasteiger partial charge is 0.299 e. The van der Waals surface area contributed by atoms with Gasteiger partial charge in [0, 0.05) is 12.3 Å². The van der Waals surface area contributed by atoms with E-state index in [4.69, 9.17) is 0 Å². The van der Waals surface area contributed by atoms with Gasteiger partial charge < -0.3 is 0 Å². The molecule has 0 aliphatic heterocycles. The lowest BCUT2D eigenvalue weighted by atomic mass is 9.75. The average molecular weight is 256 g/mol. The summed E-state index contributed by atoms with van der Waals surface area (Å²) in [6.07, 6.45) is 6.08. The Morgan fingerprint density at radius 2 is 1.74 bits per heavy atom. The molecule has 1 aromatic carbocycles. The molecule has 100 valence electrons. The van der Waals surface area contributed by atoms with Crippen LogP contribution in [0, 0.1) is 5.41 Å². The van der Waals surface area contributed by atoms with Gasteiger partial charge in [-0.1, -0.05) is 43.2 Å². The van der Waals surface area contributed by atoms with Crippen molar-refractivity contribution in [2.45, 2.75) is 50.9 Å². The highest BCUT2D eigenvalue weighted by Crippen LogP contribution is 2.49. The van der Waals surface area contributed by atoms with E-state index in [0.29, 0.717) is 6.42 Å². The standard InChI is InChI=1S/C17H20O2/c18-15-9-5-2-6-11-17(15)12-10-14(16(17)19)13-7-3-1-4-8-13/h1,3-4,7-8,14H,2,5-6,9-12H2. The number of carbonyl (C=O) groups is 2. The molecule has 0 bridgehead atoms. The minimum Gasteiger partial charge on any atom is -0.299 e. The van der Waals surface area contributed by atoms with Crippen molar-refractivity contribution in [1.29, 1.82) is 0 Å².